The van der Waals surface area contributed by atoms with Gasteiger partial charge in [-0.15, -0.1) is 0 Å². The number of hydrogen-bond acceptors (Lipinski definition) is 4. The molecule has 1 saturated carbocycles. The lowest BCUT2D eigenvalue weighted by molar-refractivity contribution is 0.0981. The number of carbonyl (C=O) groups is 1. The number of halogens is 2. The topological polar surface area (TPSA) is 75.3 Å². The molecule has 1 amide bonds. The lowest BCUT2D eigenvalue weighted by Gasteiger charge is -2.34. The van der Waals surface area contributed by atoms with Crippen LogP contribution in [0.1, 0.15) is 46.8 Å². The second-order valence-electron chi connectivity index (χ2n) is 7.31. The van der Waals surface area contributed by atoms with Crippen LogP contribution in [0.25, 0.3) is 0 Å². The van der Waals surface area contributed by atoms with Gasteiger partial charge in [-0.25, -0.2) is 17.5 Å². The van der Waals surface area contributed by atoms with Crippen LogP contribution in [-0.4, -0.2) is 20.6 Å². The Morgan fingerprint density at radius 1 is 1.26 bits per heavy atom. The molecule has 2 N–H and O–H groups in total. The summed E-state index contributed by atoms with van der Waals surface area (Å²) >= 11 is 2.09. The van der Waals surface area contributed by atoms with E-state index < -0.39 is 15.9 Å². The van der Waals surface area contributed by atoms with Crippen molar-refractivity contribution >= 4 is 44.2 Å². The van der Waals surface area contributed by atoms with E-state index in [4.69, 9.17) is 0 Å². The van der Waals surface area contributed by atoms with Crippen LogP contribution in [0.5, 0.6) is 0 Å². The van der Waals surface area contributed by atoms with E-state index in [1.54, 1.807) is 18.2 Å². The second-order valence-corrected chi connectivity index (χ2v) is 10.3. The molecule has 2 aromatic carbocycles. The predicted octanol–water partition coefficient (Wildman–Crippen LogP) is 3.71. The number of rotatable bonds is 3. The third-order valence-electron chi connectivity index (χ3n) is 5.25. The van der Waals surface area contributed by atoms with Gasteiger partial charge in [-0.05, 0) is 83.2 Å². The summed E-state index contributed by atoms with van der Waals surface area (Å²) in [7, 11) is -3.62. The van der Waals surface area contributed by atoms with Gasteiger partial charge in [0.2, 0.25) is 10.0 Å². The highest BCUT2D eigenvalue weighted by Gasteiger charge is 2.50. The van der Waals surface area contributed by atoms with Gasteiger partial charge in [-0.2, -0.15) is 0 Å². The average molecular weight is 500 g/mol. The molecule has 8 heteroatoms. The van der Waals surface area contributed by atoms with E-state index in [-0.39, 0.29) is 17.3 Å². The van der Waals surface area contributed by atoms with Crippen LogP contribution < -0.4 is 10.0 Å². The molecule has 142 valence electrons. The van der Waals surface area contributed by atoms with E-state index in [9.17, 15) is 17.6 Å². The fourth-order valence-corrected chi connectivity index (χ4v) is 4.72. The van der Waals surface area contributed by atoms with Gasteiger partial charge in [-0.1, -0.05) is 6.07 Å². The van der Waals surface area contributed by atoms with Gasteiger partial charge in [0, 0.05) is 20.4 Å². The van der Waals surface area contributed by atoms with Crippen molar-refractivity contribution in [1.29, 1.82) is 0 Å². The van der Waals surface area contributed by atoms with Crippen molar-refractivity contribution in [3.63, 3.8) is 0 Å². The van der Waals surface area contributed by atoms with Crippen molar-refractivity contribution in [3.8, 4) is 0 Å². The fraction of sp³-hybridized carbons (Fsp3) is 0.316. The summed E-state index contributed by atoms with van der Waals surface area (Å²) in [5.74, 6) is -0.857. The van der Waals surface area contributed by atoms with Crippen molar-refractivity contribution in [2.75, 3.05) is 11.6 Å². The predicted molar refractivity (Wildman–Crippen MR) is 110 cm³/mol. The van der Waals surface area contributed by atoms with Gasteiger partial charge < -0.3 is 5.32 Å². The Hall–Kier alpha value is -1.68. The Kier molecular flexibility index (Phi) is 4.45. The van der Waals surface area contributed by atoms with Crippen molar-refractivity contribution < 1.29 is 17.6 Å². The Morgan fingerprint density at radius 3 is 2.63 bits per heavy atom. The molecule has 1 heterocycles. The van der Waals surface area contributed by atoms with Gasteiger partial charge in [-0.3, -0.25) is 4.79 Å². The molecule has 1 spiro atoms. The normalized spacial score (nSPS) is 19.9. The molecule has 0 saturated heterocycles. The van der Waals surface area contributed by atoms with Gasteiger partial charge in [0.25, 0.3) is 5.91 Å². The highest BCUT2D eigenvalue weighted by Crippen LogP contribution is 2.59. The first-order chi connectivity index (χ1) is 12.7. The lowest BCUT2D eigenvalue weighted by Crippen LogP contribution is -2.30. The van der Waals surface area contributed by atoms with E-state index in [1.165, 1.54) is 6.07 Å². The Bertz CT molecular complexity index is 1050. The molecule has 27 heavy (non-hydrogen) atoms. The third-order valence-corrected chi connectivity index (χ3v) is 6.47. The molecular formula is C19H18FIN2O3S. The standard InChI is InChI=1S/C19H18FIN2O3S/c1-27(25,26)23-18(24)11-2-5-16-14(8-11)19(6-7-19)10-17(22-16)13-4-3-12(21)9-15(13)20/h2-5,8-9,17,22H,6-7,10H2,1H3,(H,23,24). The number of benzene rings is 2. The van der Waals surface area contributed by atoms with Crippen molar-refractivity contribution in [1.82, 2.24) is 4.72 Å². The zero-order valence-corrected chi connectivity index (χ0v) is 17.5. The zero-order chi connectivity index (χ0) is 19.4. The molecule has 5 nitrogen and oxygen atoms in total. The molecule has 1 fully saturated rings. The number of amides is 1. The highest BCUT2D eigenvalue weighted by atomic mass is 127. The molecule has 2 aromatic rings. The van der Waals surface area contributed by atoms with Gasteiger partial charge >= 0.3 is 0 Å². The number of anilines is 1. The summed E-state index contributed by atoms with van der Waals surface area (Å²) in [4.78, 5) is 12.2. The maximum absolute atomic E-state index is 14.5. The van der Waals surface area contributed by atoms with Crippen LogP contribution in [0, 0.1) is 9.39 Å². The molecule has 4 rings (SSSR count). The second kappa shape index (κ2) is 6.44. The summed E-state index contributed by atoms with van der Waals surface area (Å²) in [5, 5.41) is 3.39. The van der Waals surface area contributed by atoms with Gasteiger partial charge in [0.15, 0.2) is 0 Å². The Morgan fingerprint density at radius 2 is 2.00 bits per heavy atom. The van der Waals surface area contributed by atoms with Crippen LogP contribution in [0.3, 0.4) is 0 Å². The van der Waals surface area contributed by atoms with Crippen LogP contribution in [0.4, 0.5) is 10.1 Å². The molecule has 1 aliphatic heterocycles. The maximum atomic E-state index is 14.5. The van der Waals surface area contributed by atoms with Crippen molar-refractivity contribution in [3.05, 3.63) is 62.5 Å². The third kappa shape index (κ3) is 3.69. The Balaban J connectivity index is 1.67. The SMILES string of the molecule is CS(=O)(=O)NC(=O)c1ccc2c(c1)C1(CC1)CC(c1ccc(I)cc1F)N2. The van der Waals surface area contributed by atoms with Crippen LogP contribution in [0.15, 0.2) is 36.4 Å². The van der Waals surface area contributed by atoms with Gasteiger partial charge in [0.1, 0.15) is 5.82 Å². The number of hydrogen-bond donors (Lipinski definition) is 2. The molecule has 0 aromatic heterocycles. The average Bonchev–Trinajstić information content (AvgIpc) is 3.33. The monoisotopic (exact) mass is 500 g/mol. The summed E-state index contributed by atoms with van der Waals surface area (Å²) in [6.45, 7) is 0. The summed E-state index contributed by atoms with van der Waals surface area (Å²) in [5.41, 5.74) is 2.75. The van der Waals surface area contributed by atoms with E-state index in [2.05, 4.69) is 27.9 Å². The molecular weight excluding hydrogens is 482 g/mol. The maximum Gasteiger partial charge on any atom is 0.264 e. The van der Waals surface area contributed by atoms with Crippen LogP contribution in [-0.2, 0) is 15.4 Å². The minimum atomic E-state index is -3.62. The molecule has 2 aliphatic rings. The molecule has 1 aliphatic carbocycles. The number of sulfonamides is 1. The molecule has 0 bridgehead atoms. The number of fused-ring (bicyclic) bond motifs is 2. The first-order valence-electron chi connectivity index (χ1n) is 8.55. The van der Waals surface area contributed by atoms with Crippen molar-refractivity contribution in [2.45, 2.75) is 30.7 Å². The quantitative estimate of drug-likeness (QED) is 0.631. The molecule has 1 atom stereocenters. The number of carbonyl (C=O) groups excluding carboxylic acids is 1. The van der Waals surface area contributed by atoms with Crippen LogP contribution in [0.2, 0.25) is 0 Å². The lowest BCUT2D eigenvalue weighted by atomic mass is 9.81. The highest BCUT2D eigenvalue weighted by molar-refractivity contribution is 14.1. The molecule has 0 radical (unpaired) electrons. The van der Waals surface area contributed by atoms with Crippen molar-refractivity contribution in [2.24, 2.45) is 0 Å². The minimum absolute atomic E-state index is 0.0813. The summed E-state index contributed by atoms with van der Waals surface area (Å²) in [6.07, 6.45) is 3.64. The largest absolute Gasteiger partial charge is 0.378 e. The summed E-state index contributed by atoms with van der Waals surface area (Å²) < 4.78 is 39.9. The van der Waals surface area contributed by atoms with E-state index in [0.29, 0.717) is 11.1 Å². The minimum Gasteiger partial charge on any atom is -0.378 e. The van der Waals surface area contributed by atoms with Crippen LogP contribution >= 0.6 is 22.6 Å². The smallest absolute Gasteiger partial charge is 0.264 e. The summed E-state index contributed by atoms with van der Waals surface area (Å²) in [6, 6.07) is 10.3. The van der Waals surface area contributed by atoms with E-state index >= 15 is 0 Å². The van der Waals surface area contributed by atoms with E-state index in [1.807, 2.05) is 16.9 Å². The first-order valence-corrected chi connectivity index (χ1v) is 11.5. The Labute approximate surface area is 170 Å². The fourth-order valence-electron chi connectivity index (χ4n) is 3.81. The zero-order valence-electron chi connectivity index (χ0n) is 14.6. The first kappa shape index (κ1) is 18.7. The van der Waals surface area contributed by atoms with Gasteiger partial charge in [0.05, 0.1) is 12.3 Å². The van der Waals surface area contributed by atoms with E-state index in [0.717, 1.165) is 40.3 Å². The number of nitrogens with one attached hydrogen (secondary N) is 2. The molecule has 1 unspecified atom stereocenters.